The van der Waals surface area contributed by atoms with Gasteiger partial charge in [0.15, 0.2) is 0 Å². The molecule has 92 valence electrons. The number of nitro benzene ring substituents is 1. The van der Waals surface area contributed by atoms with E-state index < -0.39 is 16.9 Å². The second-order valence-corrected chi connectivity index (χ2v) is 3.64. The monoisotopic (exact) mass is 238 g/mol. The summed E-state index contributed by atoms with van der Waals surface area (Å²) in [6, 6.07) is 6.14. The summed E-state index contributed by atoms with van der Waals surface area (Å²) < 4.78 is 0. The molecule has 1 amide bonds. The third-order valence-electron chi connectivity index (χ3n) is 2.24. The first kappa shape index (κ1) is 13.1. The number of nitrogens with one attached hydrogen (secondary N) is 1. The van der Waals surface area contributed by atoms with Gasteiger partial charge in [-0.05, 0) is 18.9 Å². The molecule has 1 atom stereocenters. The quantitative estimate of drug-likeness (QED) is 0.581. The average molecular weight is 238 g/mol. The SMILES string of the molecule is C[C@@H](O)C(=O)NCCc1ccc([N+](=O)[O-])cc1. The number of rotatable bonds is 5. The van der Waals surface area contributed by atoms with Gasteiger partial charge in [0, 0.05) is 18.7 Å². The summed E-state index contributed by atoms with van der Waals surface area (Å²) in [7, 11) is 0. The van der Waals surface area contributed by atoms with Crippen LogP contribution in [0.5, 0.6) is 0 Å². The Balaban J connectivity index is 2.42. The summed E-state index contributed by atoms with van der Waals surface area (Å²) in [5.74, 6) is -0.424. The molecule has 6 nitrogen and oxygen atoms in total. The minimum absolute atomic E-state index is 0.0433. The van der Waals surface area contributed by atoms with Crippen LogP contribution in [0.15, 0.2) is 24.3 Å². The molecule has 0 unspecified atom stereocenters. The standard InChI is InChI=1S/C11H14N2O4/c1-8(14)11(15)12-7-6-9-2-4-10(5-3-9)13(16)17/h2-5,8,14H,6-7H2,1H3,(H,12,15)/t8-/m1/s1. The van der Waals surface area contributed by atoms with Crippen LogP contribution in [0.4, 0.5) is 5.69 Å². The molecule has 0 aliphatic carbocycles. The smallest absolute Gasteiger partial charge is 0.269 e. The number of aliphatic hydroxyl groups is 1. The summed E-state index contributed by atoms with van der Waals surface area (Å²) >= 11 is 0. The van der Waals surface area contributed by atoms with E-state index in [1.165, 1.54) is 19.1 Å². The van der Waals surface area contributed by atoms with Crippen LogP contribution in [-0.4, -0.2) is 28.6 Å². The number of carbonyl (C=O) groups excluding carboxylic acids is 1. The zero-order valence-electron chi connectivity index (χ0n) is 9.42. The van der Waals surface area contributed by atoms with E-state index in [4.69, 9.17) is 5.11 Å². The molecule has 0 radical (unpaired) electrons. The Bertz CT molecular complexity index is 400. The van der Waals surface area contributed by atoms with E-state index in [0.717, 1.165) is 5.56 Å². The number of hydrogen-bond donors (Lipinski definition) is 2. The Hall–Kier alpha value is -1.95. The fourth-order valence-electron chi connectivity index (χ4n) is 1.26. The molecule has 0 saturated carbocycles. The van der Waals surface area contributed by atoms with E-state index in [-0.39, 0.29) is 5.69 Å². The summed E-state index contributed by atoms with van der Waals surface area (Å²) in [5, 5.41) is 21.9. The molecular formula is C11H14N2O4. The minimum atomic E-state index is -1.02. The van der Waals surface area contributed by atoms with Crippen molar-refractivity contribution in [2.24, 2.45) is 0 Å². The number of nitrogens with zero attached hydrogens (tertiary/aromatic N) is 1. The predicted molar refractivity (Wildman–Crippen MR) is 61.5 cm³/mol. The Morgan fingerprint density at radius 2 is 2.06 bits per heavy atom. The fourth-order valence-corrected chi connectivity index (χ4v) is 1.26. The second-order valence-electron chi connectivity index (χ2n) is 3.64. The lowest BCUT2D eigenvalue weighted by molar-refractivity contribution is -0.384. The molecule has 1 aromatic rings. The lowest BCUT2D eigenvalue weighted by atomic mass is 10.1. The summed E-state index contributed by atoms with van der Waals surface area (Å²) in [4.78, 5) is 21.0. The number of amides is 1. The molecule has 17 heavy (non-hydrogen) atoms. The van der Waals surface area contributed by atoms with Crippen LogP contribution in [-0.2, 0) is 11.2 Å². The van der Waals surface area contributed by atoms with Gasteiger partial charge in [-0.15, -0.1) is 0 Å². The molecule has 0 fully saturated rings. The topological polar surface area (TPSA) is 92.5 Å². The normalized spacial score (nSPS) is 11.9. The highest BCUT2D eigenvalue weighted by Crippen LogP contribution is 2.11. The van der Waals surface area contributed by atoms with Crippen LogP contribution in [0.25, 0.3) is 0 Å². The van der Waals surface area contributed by atoms with Crippen molar-refractivity contribution in [2.45, 2.75) is 19.4 Å². The van der Waals surface area contributed by atoms with Crippen molar-refractivity contribution in [1.29, 1.82) is 0 Å². The van der Waals surface area contributed by atoms with Crippen molar-refractivity contribution in [2.75, 3.05) is 6.54 Å². The van der Waals surface area contributed by atoms with Gasteiger partial charge in [0.25, 0.3) is 5.69 Å². The zero-order valence-corrected chi connectivity index (χ0v) is 9.42. The molecule has 0 aromatic heterocycles. The van der Waals surface area contributed by atoms with Crippen LogP contribution in [0.3, 0.4) is 0 Å². The highest BCUT2D eigenvalue weighted by molar-refractivity contribution is 5.79. The summed E-state index contributed by atoms with van der Waals surface area (Å²) in [6.45, 7) is 1.78. The summed E-state index contributed by atoms with van der Waals surface area (Å²) in [5.41, 5.74) is 0.934. The van der Waals surface area contributed by atoms with Crippen molar-refractivity contribution >= 4 is 11.6 Å². The van der Waals surface area contributed by atoms with Crippen molar-refractivity contribution in [3.63, 3.8) is 0 Å². The highest BCUT2D eigenvalue weighted by atomic mass is 16.6. The first-order chi connectivity index (χ1) is 8.00. The summed E-state index contributed by atoms with van der Waals surface area (Å²) in [6.07, 6.45) is -0.455. The fraction of sp³-hybridized carbons (Fsp3) is 0.364. The van der Waals surface area contributed by atoms with E-state index in [9.17, 15) is 14.9 Å². The predicted octanol–water partition coefficient (Wildman–Crippen LogP) is 0.634. The molecule has 1 aromatic carbocycles. The number of carbonyl (C=O) groups is 1. The maximum Gasteiger partial charge on any atom is 0.269 e. The van der Waals surface area contributed by atoms with Crippen LogP contribution in [0, 0.1) is 10.1 Å². The van der Waals surface area contributed by atoms with Gasteiger partial charge in [-0.25, -0.2) is 0 Å². The molecule has 1 rings (SSSR count). The van der Waals surface area contributed by atoms with Crippen LogP contribution >= 0.6 is 0 Å². The molecule has 0 saturated heterocycles. The lowest BCUT2D eigenvalue weighted by Crippen LogP contribution is -2.33. The highest BCUT2D eigenvalue weighted by Gasteiger charge is 2.07. The van der Waals surface area contributed by atoms with E-state index >= 15 is 0 Å². The van der Waals surface area contributed by atoms with Crippen LogP contribution < -0.4 is 5.32 Å². The van der Waals surface area contributed by atoms with Gasteiger partial charge in [-0.3, -0.25) is 14.9 Å². The van der Waals surface area contributed by atoms with Gasteiger partial charge in [0.1, 0.15) is 6.10 Å². The Kier molecular flexibility index (Phi) is 4.59. The average Bonchev–Trinajstić information content (AvgIpc) is 2.29. The molecule has 0 bridgehead atoms. The second kappa shape index (κ2) is 5.95. The van der Waals surface area contributed by atoms with Crippen molar-refractivity contribution in [3.05, 3.63) is 39.9 Å². The van der Waals surface area contributed by atoms with Gasteiger partial charge in [0.2, 0.25) is 5.91 Å². The molecule has 6 heteroatoms. The van der Waals surface area contributed by atoms with E-state index in [2.05, 4.69) is 5.32 Å². The molecule has 0 aliphatic heterocycles. The third kappa shape index (κ3) is 4.20. The van der Waals surface area contributed by atoms with Gasteiger partial charge >= 0.3 is 0 Å². The number of hydrogen-bond acceptors (Lipinski definition) is 4. The largest absolute Gasteiger partial charge is 0.384 e. The van der Waals surface area contributed by atoms with Gasteiger partial charge in [-0.2, -0.15) is 0 Å². The first-order valence-corrected chi connectivity index (χ1v) is 5.20. The van der Waals surface area contributed by atoms with E-state index in [1.807, 2.05) is 0 Å². The third-order valence-corrected chi connectivity index (χ3v) is 2.24. The Morgan fingerprint density at radius 3 is 2.53 bits per heavy atom. The molecule has 2 N–H and O–H groups in total. The van der Waals surface area contributed by atoms with E-state index in [0.29, 0.717) is 13.0 Å². The number of benzene rings is 1. The molecule has 0 spiro atoms. The van der Waals surface area contributed by atoms with Crippen molar-refractivity contribution in [1.82, 2.24) is 5.32 Å². The van der Waals surface area contributed by atoms with Gasteiger partial charge in [0.05, 0.1) is 4.92 Å². The first-order valence-electron chi connectivity index (χ1n) is 5.20. The number of non-ortho nitro benzene ring substituents is 1. The number of nitro groups is 1. The lowest BCUT2D eigenvalue weighted by Gasteiger charge is -2.06. The molecular weight excluding hydrogens is 224 g/mol. The van der Waals surface area contributed by atoms with Gasteiger partial charge < -0.3 is 10.4 Å². The Labute approximate surface area is 98.4 Å². The minimum Gasteiger partial charge on any atom is -0.384 e. The zero-order chi connectivity index (χ0) is 12.8. The number of aliphatic hydroxyl groups excluding tert-OH is 1. The van der Waals surface area contributed by atoms with Crippen LogP contribution in [0.1, 0.15) is 12.5 Å². The maximum absolute atomic E-state index is 11.0. The molecule has 0 aliphatic rings. The molecule has 0 heterocycles. The van der Waals surface area contributed by atoms with Crippen molar-refractivity contribution < 1.29 is 14.8 Å². The van der Waals surface area contributed by atoms with Gasteiger partial charge in [-0.1, -0.05) is 12.1 Å². The van der Waals surface area contributed by atoms with E-state index in [1.54, 1.807) is 12.1 Å². The Morgan fingerprint density at radius 1 is 1.47 bits per heavy atom. The van der Waals surface area contributed by atoms with Crippen LogP contribution in [0.2, 0.25) is 0 Å². The maximum atomic E-state index is 11.0. The van der Waals surface area contributed by atoms with Crippen molar-refractivity contribution in [3.8, 4) is 0 Å².